The van der Waals surface area contributed by atoms with Gasteiger partial charge in [0.05, 0.1) is 6.10 Å². The van der Waals surface area contributed by atoms with Crippen LogP contribution in [0.15, 0.2) is 29.2 Å². The number of nitrogens with two attached hydrogens (primary N) is 1. The first-order valence-corrected chi connectivity index (χ1v) is 9.35. The van der Waals surface area contributed by atoms with Crippen LogP contribution in [0, 0.1) is 0 Å². The van der Waals surface area contributed by atoms with E-state index in [1.807, 2.05) is 40.9 Å². The minimum Gasteiger partial charge on any atom is -0.378 e. The van der Waals surface area contributed by atoms with Gasteiger partial charge in [-0.15, -0.1) is 24.2 Å². The maximum atomic E-state index is 12.6. The van der Waals surface area contributed by atoms with Crippen LogP contribution >= 0.6 is 24.2 Å². The molecule has 136 valence electrons. The third kappa shape index (κ3) is 6.63. The smallest absolute Gasteiger partial charge is 0.253 e. The Kier molecular flexibility index (Phi) is 9.74. The van der Waals surface area contributed by atoms with Crippen molar-refractivity contribution in [3.63, 3.8) is 0 Å². The van der Waals surface area contributed by atoms with Crippen molar-refractivity contribution < 1.29 is 9.53 Å². The Morgan fingerprint density at radius 2 is 1.92 bits per heavy atom. The van der Waals surface area contributed by atoms with Crippen LogP contribution in [0.3, 0.4) is 0 Å². The summed E-state index contributed by atoms with van der Waals surface area (Å²) >= 11 is 1.81. The van der Waals surface area contributed by atoms with Crippen LogP contribution in [0.25, 0.3) is 0 Å². The summed E-state index contributed by atoms with van der Waals surface area (Å²) in [6.07, 6.45) is 3.00. The van der Waals surface area contributed by atoms with Crippen LogP contribution in [0.4, 0.5) is 0 Å². The van der Waals surface area contributed by atoms with E-state index in [-0.39, 0.29) is 24.4 Å². The molecular formula is C18H29ClN2O2S. The van der Waals surface area contributed by atoms with Crippen molar-refractivity contribution in [2.45, 2.75) is 49.4 Å². The van der Waals surface area contributed by atoms with Crippen LogP contribution in [0.2, 0.25) is 0 Å². The number of ether oxygens (including phenoxy) is 1. The maximum absolute atomic E-state index is 12.6. The molecule has 0 aromatic heterocycles. The van der Waals surface area contributed by atoms with Gasteiger partial charge in [0.1, 0.15) is 0 Å². The predicted molar refractivity (Wildman–Crippen MR) is 103 cm³/mol. The van der Waals surface area contributed by atoms with Gasteiger partial charge in [-0.05, 0) is 50.1 Å². The van der Waals surface area contributed by atoms with Gasteiger partial charge in [-0.25, -0.2) is 0 Å². The third-order valence-corrected chi connectivity index (χ3v) is 4.92. The van der Waals surface area contributed by atoms with E-state index in [1.54, 1.807) is 0 Å². The van der Waals surface area contributed by atoms with E-state index in [0.717, 1.165) is 44.5 Å². The van der Waals surface area contributed by atoms with E-state index in [0.29, 0.717) is 11.8 Å². The quantitative estimate of drug-likeness (QED) is 0.587. The largest absolute Gasteiger partial charge is 0.378 e. The molecule has 0 aliphatic carbocycles. The number of thioether (sulfide) groups is 1. The first-order chi connectivity index (χ1) is 11.1. The molecule has 2 rings (SSSR count). The summed E-state index contributed by atoms with van der Waals surface area (Å²) in [5, 5.41) is 0.551. The van der Waals surface area contributed by atoms with Crippen molar-refractivity contribution >= 4 is 30.1 Å². The van der Waals surface area contributed by atoms with Gasteiger partial charge >= 0.3 is 0 Å². The lowest BCUT2D eigenvalue weighted by atomic mass is 10.1. The fourth-order valence-corrected chi connectivity index (χ4v) is 3.53. The molecule has 2 N–H and O–H groups in total. The molecule has 24 heavy (non-hydrogen) atoms. The van der Waals surface area contributed by atoms with E-state index in [1.165, 1.54) is 4.90 Å². The summed E-state index contributed by atoms with van der Waals surface area (Å²) in [5.74, 6) is 0.131. The van der Waals surface area contributed by atoms with Crippen molar-refractivity contribution in [3.8, 4) is 0 Å². The van der Waals surface area contributed by atoms with Crippen LogP contribution < -0.4 is 5.73 Å². The Morgan fingerprint density at radius 3 is 2.46 bits per heavy atom. The lowest BCUT2D eigenvalue weighted by Crippen LogP contribution is -2.41. The second-order valence-electron chi connectivity index (χ2n) is 6.20. The molecule has 0 bridgehead atoms. The van der Waals surface area contributed by atoms with Crippen molar-refractivity contribution in [1.29, 1.82) is 0 Å². The molecule has 6 heteroatoms. The molecular weight excluding hydrogens is 344 g/mol. The number of hydrogen-bond donors (Lipinski definition) is 1. The monoisotopic (exact) mass is 372 g/mol. The Bertz CT molecular complexity index is 488. The molecule has 1 aliphatic heterocycles. The third-order valence-electron chi connectivity index (χ3n) is 3.90. The number of carbonyl (C=O) groups excluding carboxylic acids is 1. The number of nitrogens with zero attached hydrogens (tertiary/aromatic N) is 1. The fraction of sp³-hybridized carbons (Fsp3) is 0.611. The molecule has 0 unspecified atom stereocenters. The zero-order valence-electron chi connectivity index (χ0n) is 14.6. The highest BCUT2D eigenvalue weighted by Gasteiger charge is 2.23. The summed E-state index contributed by atoms with van der Waals surface area (Å²) in [7, 11) is 0. The second-order valence-corrected chi connectivity index (χ2v) is 7.85. The highest BCUT2D eigenvalue weighted by molar-refractivity contribution is 7.99. The summed E-state index contributed by atoms with van der Waals surface area (Å²) in [6.45, 7) is 7.28. The first kappa shape index (κ1) is 21.3. The molecule has 0 spiro atoms. The topological polar surface area (TPSA) is 55.6 Å². The van der Waals surface area contributed by atoms with Gasteiger partial charge in [-0.2, -0.15) is 0 Å². The number of amides is 1. The molecule has 0 radical (unpaired) electrons. The lowest BCUT2D eigenvalue weighted by molar-refractivity contribution is 0.00844. The minimum atomic E-state index is 0. The number of carbonyl (C=O) groups is 1. The molecule has 1 aliphatic rings. The Hall–Kier alpha value is -0.750. The maximum Gasteiger partial charge on any atom is 0.253 e. The fourth-order valence-electron chi connectivity index (χ4n) is 2.69. The minimum absolute atomic E-state index is 0. The molecule has 0 saturated carbocycles. The van der Waals surface area contributed by atoms with Crippen LogP contribution in [-0.4, -0.2) is 48.4 Å². The van der Waals surface area contributed by atoms with E-state index in [4.69, 9.17) is 10.5 Å². The van der Waals surface area contributed by atoms with Crippen molar-refractivity contribution in [2.75, 3.05) is 26.2 Å². The van der Waals surface area contributed by atoms with Gasteiger partial charge in [0, 0.05) is 35.4 Å². The molecule has 1 fully saturated rings. The van der Waals surface area contributed by atoms with Gasteiger partial charge in [-0.3, -0.25) is 4.79 Å². The summed E-state index contributed by atoms with van der Waals surface area (Å²) < 4.78 is 5.79. The van der Waals surface area contributed by atoms with Crippen LogP contribution in [-0.2, 0) is 4.74 Å². The molecule has 1 aromatic rings. The van der Waals surface area contributed by atoms with Gasteiger partial charge in [0.25, 0.3) is 5.91 Å². The Morgan fingerprint density at radius 1 is 1.29 bits per heavy atom. The number of piperidine rings is 1. The van der Waals surface area contributed by atoms with Crippen LogP contribution in [0.1, 0.15) is 43.5 Å². The molecule has 1 amide bonds. The molecule has 1 heterocycles. The first-order valence-electron chi connectivity index (χ1n) is 8.48. The molecule has 1 saturated heterocycles. The van der Waals surface area contributed by atoms with Crippen molar-refractivity contribution in [3.05, 3.63) is 29.8 Å². The zero-order valence-corrected chi connectivity index (χ0v) is 16.2. The van der Waals surface area contributed by atoms with E-state index in [2.05, 4.69) is 13.8 Å². The van der Waals surface area contributed by atoms with Crippen LogP contribution in [0.5, 0.6) is 0 Å². The standard InChI is InChI=1S/C18H28N2O2S.ClH/c1-14(2)23-17-6-4-15(5-7-17)18(21)20-11-8-16(9-12-20)22-13-3-10-19;/h4-7,14,16H,3,8-13,19H2,1-2H3;1H. The SMILES string of the molecule is CC(C)Sc1ccc(C(=O)N2CCC(OCCCN)CC2)cc1.Cl. The Labute approximate surface area is 155 Å². The van der Waals surface area contributed by atoms with E-state index < -0.39 is 0 Å². The molecule has 1 aromatic carbocycles. The number of halogens is 1. The van der Waals surface area contributed by atoms with Gasteiger partial charge < -0.3 is 15.4 Å². The average Bonchev–Trinajstić information content (AvgIpc) is 2.55. The second kappa shape index (κ2) is 11.0. The van der Waals surface area contributed by atoms with Gasteiger partial charge in [0.2, 0.25) is 0 Å². The zero-order chi connectivity index (χ0) is 16.7. The predicted octanol–water partition coefficient (Wildman–Crippen LogP) is 3.58. The lowest BCUT2D eigenvalue weighted by Gasteiger charge is -2.32. The van der Waals surface area contributed by atoms with Crippen molar-refractivity contribution in [2.24, 2.45) is 5.73 Å². The van der Waals surface area contributed by atoms with E-state index >= 15 is 0 Å². The summed E-state index contributed by atoms with van der Waals surface area (Å²) in [6, 6.07) is 7.97. The summed E-state index contributed by atoms with van der Waals surface area (Å²) in [5.41, 5.74) is 6.25. The highest BCUT2D eigenvalue weighted by Crippen LogP contribution is 2.24. The average molecular weight is 373 g/mol. The number of rotatable bonds is 7. The van der Waals surface area contributed by atoms with E-state index in [9.17, 15) is 4.79 Å². The highest BCUT2D eigenvalue weighted by atomic mass is 35.5. The number of likely N-dealkylation sites (tertiary alicyclic amines) is 1. The molecule has 0 atom stereocenters. The normalized spacial score (nSPS) is 15.4. The van der Waals surface area contributed by atoms with Gasteiger partial charge in [-0.1, -0.05) is 13.8 Å². The number of benzene rings is 1. The Balaban J connectivity index is 0.00000288. The summed E-state index contributed by atoms with van der Waals surface area (Å²) in [4.78, 5) is 15.7. The van der Waals surface area contributed by atoms with Crippen molar-refractivity contribution in [1.82, 2.24) is 4.90 Å². The van der Waals surface area contributed by atoms with Gasteiger partial charge in [0.15, 0.2) is 0 Å². The number of hydrogen-bond acceptors (Lipinski definition) is 4. The molecule has 4 nitrogen and oxygen atoms in total.